The number of urea groups is 1. The number of benzene rings is 1. The van der Waals surface area contributed by atoms with Crippen LogP contribution in [0.3, 0.4) is 0 Å². The Bertz CT molecular complexity index is 649. The van der Waals surface area contributed by atoms with Crippen molar-refractivity contribution in [1.82, 2.24) is 15.3 Å². The summed E-state index contributed by atoms with van der Waals surface area (Å²) in [7, 11) is 3.75. The number of nitrogens with one attached hydrogen (secondary N) is 2. The number of hydrogen-bond donors (Lipinski definition) is 2. The molecule has 1 heterocycles. The van der Waals surface area contributed by atoms with Gasteiger partial charge in [-0.1, -0.05) is 6.07 Å². The minimum absolute atomic E-state index is 0.255. The van der Waals surface area contributed by atoms with Gasteiger partial charge in [0.1, 0.15) is 0 Å². The van der Waals surface area contributed by atoms with Gasteiger partial charge in [-0.25, -0.2) is 14.8 Å². The lowest BCUT2D eigenvalue weighted by Crippen LogP contribution is -2.28. The average molecular weight is 299 g/mol. The van der Waals surface area contributed by atoms with Crippen LogP contribution in [0.25, 0.3) is 0 Å². The number of carbonyl (C=O) groups excluding carboxylic acids is 1. The molecule has 0 unspecified atom stereocenters. The van der Waals surface area contributed by atoms with Crippen molar-refractivity contribution in [2.24, 2.45) is 0 Å². The van der Waals surface area contributed by atoms with E-state index in [9.17, 15) is 4.79 Å². The minimum atomic E-state index is -0.255. The van der Waals surface area contributed by atoms with E-state index in [1.54, 1.807) is 12.3 Å². The van der Waals surface area contributed by atoms with Gasteiger partial charge in [-0.2, -0.15) is 0 Å². The lowest BCUT2D eigenvalue weighted by Gasteiger charge is -2.12. The number of rotatable bonds is 4. The van der Waals surface area contributed by atoms with Gasteiger partial charge in [-0.15, -0.1) is 0 Å². The summed E-state index contributed by atoms with van der Waals surface area (Å²) in [6.45, 7) is 4.35. The van der Waals surface area contributed by atoms with E-state index in [4.69, 9.17) is 0 Å². The van der Waals surface area contributed by atoms with Crippen LogP contribution in [0.1, 0.15) is 16.8 Å². The van der Waals surface area contributed by atoms with Crippen molar-refractivity contribution in [2.45, 2.75) is 20.4 Å². The van der Waals surface area contributed by atoms with Gasteiger partial charge >= 0.3 is 6.03 Å². The second-order valence-electron chi connectivity index (χ2n) is 5.43. The zero-order valence-corrected chi connectivity index (χ0v) is 13.3. The van der Waals surface area contributed by atoms with Crippen molar-refractivity contribution in [1.29, 1.82) is 0 Å². The van der Waals surface area contributed by atoms with Crippen LogP contribution in [-0.2, 0) is 6.54 Å². The van der Waals surface area contributed by atoms with Crippen molar-refractivity contribution < 1.29 is 4.79 Å². The van der Waals surface area contributed by atoms with Gasteiger partial charge < -0.3 is 15.5 Å². The summed E-state index contributed by atoms with van der Waals surface area (Å²) >= 11 is 0. The zero-order chi connectivity index (χ0) is 16.1. The molecule has 2 N–H and O–H groups in total. The van der Waals surface area contributed by atoms with Crippen LogP contribution in [0.2, 0.25) is 0 Å². The van der Waals surface area contributed by atoms with Gasteiger partial charge in [-0.3, -0.25) is 0 Å². The molecule has 0 saturated carbocycles. The average Bonchev–Trinajstić information content (AvgIpc) is 2.44. The number of amides is 2. The molecule has 1 aromatic carbocycles. The fraction of sp³-hybridized carbons (Fsp3) is 0.312. The number of nitrogens with zero attached hydrogens (tertiary/aromatic N) is 3. The fourth-order valence-electron chi connectivity index (χ4n) is 2.09. The third kappa shape index (κ3) is 4.44. The van der Waals surface area contributed by atoms with E-state index in [-0.39, 0.29) is 6.03 Å². The van der Waals surface area contributed by atoms with Crippen molar-refractivity contribution in [2.75, 3.05) is 24.3 Å². The van der Waals surface area contributed by atoms with Crippen LogP contribution in [0, 0.1) is 13.8 Å². The Labute approximate surface area is 130 Å². The first-order chi connectivity index (χ1) is 10.4. The van der Waals surface area contributed by atoms with E-state index in [1.807, 2.05) is 45.0 Å². The van der Waals surface area contributed by atoms with Gasteiger partial charge in [0.05, 0.1) is 12.2 Å². The van der Waals surface area contributed by atoms with Crippen LogP contribution in [0.5, 0.6) is 0 Å². The molecule has 0 spiro atoms. The Morgan fingerprint density at radius 3 is 2.50 bits per heavy atom. The molecular weight excluding hydrogens is 278 g/mol. The van der Waals surface area contributed by atoms with E-state index >= 15 is 0 Å². The third-order valence-corrected chi connectivity index (χ3v) is 3.01. The molecule has 6 heteroatoms. The zero-order valence-electron chi connectivity index (χ0n) is 13.3. The van der Waals surface area contributed by atoms with Crippen LogP contribution >= 0.6 is 0 Å². The maximum Gasteiger partial charge on any atom is 0.319 e. The molecule has 2 amide bonds. The second-order valence-corrected chi connectivity index (χ2v) is 5.43. The Hall–Kier alpha value is -2.63. The molecular formula is C16H21N5O. The van der Waals surface area contributed by atoms with Gasteiger partial charge in [0.15, 0.2) is 0 Å². The summed E-state index contributed by atoms with van der Waals surface area (Å²) in [4.78, 5) is 22.3. The maximum atomic E-state index is 12.0. The Morgan fingerprint density at radius 2 is 1.86 bits per heavy atom. The largest absolute Gasteiger partial charge is 0.347 e. The van der Waals surface area contributed by atoms with E-state index in [1.165, 1.54) is 0 Å². The Morgan fingerprint density at radius 1 is 1.18 bits per heavy atom. The third-order valence-electron chi connectivity index (χ3n) is 3.01. The smallest absolute Gasteiger partial charge is 0.319 e. The molecule has 0 radical (unpaired) electrons. The van der Waals surface area contributed by atoms with Crippen molar-refractivity contribution in [3.63, 3.8) is 0 Å². The molecule has 0 fully saturated rings. The normalized spacial score (nSPS) is 10.2. The van der Waals surface area contributed by atoms with Crippen molar-refractivity contribution >= 4 is 17.7 Å². The first-order valence-electron chi connectivity index (χ1n) is 7.06. The summed E-state index contributed by atoms with van der Waals surface area (Å²) < 4.78 is 0. The molecule has 2 aromatic rings. The predicted molar refractivity (Wildman–Crippen MR) is 88.1 cm³/mol. The molecule has 0 aliphatic rings. The molecule has 2 rings (SSSR count). The minimum Gasteiger partial charge on any atom is -0.347 e. The van der Waals surface area contributed by atoms with E-state index in [2.05, 4.69) is 26.7 Å². The summed E-state index contributed by atoms with van der Waals surface area (Å²) in [6.07, 6.45) is 1.68. The first-order valence-corrected chi connectivity index (χ1v) is 7.06. The van der Waals surface area contributed by atoms with Crippen molar-refractivity contribution in [3.8, 4) is 0 Å². The molecule has 0 aliphatic carbocycles. The highest BCUT2D eigenvalue weighted by atomic mass is 16.2. The number of aromatic nitrogens is 2. The molecule has 1 aromatic heterocycles. The predicted octanol–water partition coefficient (Wildman–Crippen LogP) is 2.48. The molecule has 0 saturated heterocycles. The Balaban J connectivity index is 1.94. The van der Waals surface area contributed by atoms with Crippen LogP contribution in [0.4, 0.5) is 16.4 Å². The monoisotopic (exact) mass is 299 g/mol. The Kier molecular flexibility index (Phi) is 4.93. The van der Waals surface area contributed by atoms with Gasteiger partial charge in [0.25, 0.3) is 0 Å². The first kappa shape index (κ1) is 15.8. The fourth-order valence-corrected chi connectivity index (χ4v) is 2.09. The number of anilines is 2. The lowest BCUT2D eigenvalue weighted by molar-refractivity contribution is 0.251. The molecule has 6 nitrogen and oxygen atoms in total. The molecule has 116 valence electrons. The standard InChI is InChI=1S/C16H21N5O/c1-11-7-12(2)9-14(8-11)20-16(22)18-10-13-5-6-17-15(19-13)21(3)4/h5-9H,10H2,1-4H3,(H2,18,20,22). The topological polar surface area (TPSA) is 70.2 Å². The maximum absolute atomic E-state index is 12.0. The highest BCUT2D eigenvalue weighted by Gasteiger charge is 2.05. The van der Waals surface area contributed by atoms with E-state index < -0.39 is 0 Å². The highest BCUT2D eigenvalue weighted by molar-refractivity contribution is 5.89. The van der Waals surface area contributed by atoms with Gasteiger partial charge in [-0.05, 0) is 43.2 Å². The van der Waals surface area contributed by atoms with Crippen molar-refractivity contribution in [3.05, 3.63) is 47.3 Å². The molecule has 0 aliphatic heterocycles. The summed E-state index contributed by atoms with van der Waals surface area (Å²) in [5.41, 5.74) is 3.77. The van der Waals surface area contributed by atoms with Gasteiger partial charge in [0.2, 0.25) is 5.95 Å². The van der Waals surface area contributed by atoms with E-state index in [0.717, 1.165) is 22.5 Å². The summed E-state index contributed by atoms with van der Waals surface area (Å²) in [6, 6.07) is 7.45. The highest BCUT2D eigenvalue weighted by Crippen LogP contribution is 2.13. The van der Waals surface area contributed by atoms with E-state index in [0.29, 0.717) is 12.5 Å². The van der Waals surface area contributed by atoms with Gasteiger partial charge in [0, 0.05) is 26.0 Å². The van der Waals surface area contributed by atoms with Crippen LogP contribution < -0.4 is 15.5 Å². The summed E-state index contributed by atoms with van der Waals surface area (Å²) in [5, 5.41) is 5.62. The molecule has 22 heavy (non-hydrogen) atoms. The summed E-state index contributed by atoms with van der Waals surface area (Å²) in [5.74, 6) is 0.619. The lowest BCUT2D eigenvalue weighted by atomic mass is 10.1. The number of hydrogen-bond acceptors (Lipinski definition) is 4. The quantitative estimate of drug-likeness (QED) is 0.910. The number of aryl methyl sites for hydroxylation is 2. The second kappa shape index (κ2) is 6.89. The van der Waals surface area contributed by atoms with Crippen LogP contribution in [-0.4, -0.2) is 30.1 Å². The SMILES string of the molecule is Cc1cc(C)cc(NC(=O)NCc2ccnc(N(C)C)n2)c1. The number of carbonyl (C=O) groups is 1. The van der Waals surface area contributed by atoms with Crippen LogP contribution in [0.15, 0.2) is 30.5 Å². The molecule has 0 bridgehead atoms. The molecule has 0 atom stereocenters.